The molecule has 8 heteroatoms. The van der Waals surface area contributed by atoms with Crippen molar-refractivity contribution in [2.45, 2.75) is 19.8 Å². The van der Waals surface area contributed by atoms with Gasteiger partial charge in [-0.15, -0.1) is 16.4 Å². The molecule has 136 valence electrons. The summed E-state index contributed by atoms with van der Waals surface area (Å²) in [6, 6.07) is 9.56. The van der Waals surface area contributed by atoms with Gasteiger partial charge in [-0.05, 0) is 37.6 Å². The van der Waals surface area contributed by atoms with Crippen LogP contribution in [0.5, 0.6) is 5.88 Å². The Morgan fingerprint density at radius 1 is 1.26 bits per heavy atom. The summed E-state index contributed by atoms with van der Waals surface area (Å²) >= 11 is 14.0. The molecule has 1 aliphatic rings. The van der Waals surface area contributed by atoms with Gasteiger partial charge in [0.15, 0.2) is 0 Å². The van der Waals surface area contributed by atoms with E-state index in [2.05, 4.69) is 29.3 Å². The van der Waals surface area contributed by atoms with Crippen molar-refractivity contribution in [3.05, 3.63) is 66.6 Å². The Morgan fingerprint density at radius 2 is 2.04 bits per heavy atom. The summed E-state index contributed by atoms with van der Waals surface area (Å²) in [5.74, 6) is -0.0555. The Kier molecular flexibility index (Phi) is 4.39. The van der Waals surface area contributed by atoms with Crippen molar-refractivity contribution in [3.63, 3.8) is 0 Å². The number of nitrogens with zero attached hydrogens (tertiary/aromatic N) is 2. The highest BCUT2D eigenvalue weighted by Gasteiger charge is 2.36. The lowest BCUT2D eigenvalue weighted by Gasteiger charge is -2.24. The minimum atomic E-state index is -0.457. The summed E-state index contributed by atoms with van der Waals surface area (Å²) in [6.45, 7) is 4.10. The lowest BCUT2D eigenvalue weighted by atomic mass is 9.83. The highest BCUT2D eigenvalue weighted by molar-refractivity contribution is 7.12. The van der Waals surface area contributed by atoms with Crippen LogP contribution in [0.2, 0.25) is 10.0 Å². The van der Waals surface area contributed by atoms with Gasteiger partial charge in [-0.25, -0.2) is 0 Å². The van der Waals surface area contributed by atoms with Crippen LogP contribution >= 0.6 is 34.5 Å². The Morgan fingerprint density at radius 3 is 2.67 bits per heavy atom. The van der Waals surface area contributed by atoms with Crippen LogP contribution in [0.3, 0.4) is 0 Å². The van der Waals surface area contributed by atoms with Gasteiger partial charge in [-0.1, -0.05) is 29.3 Å². The molecule has 0 saturated carbocycles. The number of rotatable bonds is 2. The number of aromatic nitrogens is 2. The van der Waals surface area contributed by atoms with Gasteiger partial charge in [-0.3, -0.25) is 5.10 Å². The molecule has 27 heavy (non-hydrogen) atoms. The molecule has 0 amide bonds. The summed E-state index contributed by atoms with van der Waals surface area (Å²) < 4.78 is 5.63. The van der Waals surface area contributed by atoms with Gasteiger partial charge in [0, 0.05) is 15.3 Å². The van der Waals surface area contributed by atoms with E-state index in [1.165, 1.54) is 4.88 Å². The molecule has 5 nitrogen and oxygen atoms in total. The zero-order chi connectivity index (χ0) is 19.3. The van der Waals surface area contributed by atoms with Gasteiger partial charge in [0.05, 0.1) is 27.2 Å². The molecule has 0 spiro atoms. The largest absolute Gasteiger partial charge is 0.420 e. The van der Waals surface area contributed by atoms with Crippen molar-refractivity contribution >= 4 is 34.5 Å². The van der Waals surface area contributed by atoms with E-state index < -0.39 is 5.92 Å². The van der Waals surface area contributed by atoms with Gasteiger partial charge in [0.25, 0.3) is 0 Å². The van der Waals surface area contributed by atoms with Crippen LogP contribution < -0.4 is 10.5 Å². The summed E-state index contributed by atoms with van der Waals surface area (Å²) in [6.07, 6.45) is 0. The predicted molar refractivity (Wildman–Crippen MR) is 107 cm³/mol. The van der Waals surface area contributed by atoms with Crippen LogP contribution in [0.4, 0.5) is 0 Å². The summed E-state index contributed by atoms with van der Waals surface area (Å²) in [7, 11) is 0. The third-order valence-electron chi connectivity index (χ3n) is 4.53. The number of halogens is 2. The summed E-state index contributed by atoms with van der Waals surface area (Å²) in [4.78, 5) is 2.33. The molecule has 1 aliphatic heterocycles. The number of allylic oxidation sites excluding steroid dienone is 1. The normalized spacial score (nSPS) is 16.0. The molecule has 0 unspecified atom stereocenters. The molecule has 0 saturated heterocycles. The number of hydrogen-bond donors (Lipinski definition) is 2. The van der Waals surface area contributed by atoms with E-state index in [0.717, 1.165) is 27.3 Å². The number of thiophene rings is 1. The van der Waals surface area contributed by atoms with Gasteiger partial charge in [0.2, 0.25) is 11.8 Å². The molecule has 1 atom stereocenters. The maximum absolute atomic E-state index is 9.74. The fraction of sp³-hybridized carbons (Fsp3) is 0.158. The number of nitrogens with two attached hydrogens (primary N) is 1. The molecule has 1 aromatic carbocycles. The van der Waals surface area contributed by atoms with Gasteiger partial charge >= 0.3 is 0 Å². The summed E-state index contributed by atoms with van der Waals surface area (Å²) in [5, 5.41) is 17.9. The predicted octanol–water partition coefficient (Wildman–Crippen LogP) is 5.28. The highest BCUT2D eigenvalue weighted by atomic mass is 35.5. The number of H-pyrrole nitrogens is 1. The van der Waals surface area contributed by atoms with Gasteiger partial charge < -0.3 is 10.5 Å². The number of aromatic amines is 1. The molecule has 3 N–H and O–H groups in total. The van der Waals surface area contributed by atoms with Crippen molar-refractivity contribution in [2.24, 2.45) is 5.73 Å². The lowest BCUT2D eigenvalue weighted by molar-refractivity contribution is 0.379. The molecular formula is C19H14Cl2N4OS. The first-order valence-electron chi connectivity index (χ1n) is 8.09. The average Bonchev–Trinajstić information content (AvgIpc) is 3.18. The third kappa shape index (κ3) is 2.88. The van der Waals surface area contributed by atoms with Crippen LogP contribution in [0.25, 0.3) is 11.3 Å². The minimum absolute atomic E-state index is 0.0392. The van der Waals surface area contributed by atoms with E-state index in [-0.39, 0.29) is 5.88 Å². The number of benzene rings is 1. The van der Waals surface area contributed by atoms with Crippen LogP contribution in [-0.4, -0.2) is 10.2 Å². The monoisotopic (exact) mass is 416 g/mol. The van der Waals surface area contributed by atoms with Crippen LogP contribution in [0.15, 0.2) is 35.7 Å². The molecule has 3 heterocycles. The molecule has 2 aromatic heterocycles. The Bertz CT molecular complexity index is 1140. The molecule has 3 aromatic rings. The van der Waals surface area contributed by atoms with E-state index in [1.807, 2.05) is 13.0 Å². The first-order chi connectivity index (χ1) is 12.9. The quantitative estimate of drug-likeness (QED) is 0.594. The number of nitriles is 1. The molecule has 0 bridgehead atoms. The number of ether oxygens (including phenoxy) is 1. The maximum atomic E-state index is 9.74. The number of fused-ring (bicyclic) bond motifs is 1. The van der Waals surface area contributed by atoms with Crippen LogP contribution in [0, 0.1) is 25.2 Å². The minimum Gasteiger partial charge on any atom is -0.420 e. The van der Waals surface area contributed by atoms with Crippen LogP contribution in [-0.2, 0) is 0 Å². The van der Waals surface area contributed by atoms with Crippen molar-refractivity contribution < 1.29 is 4.74 Å². The second kappa shape index (κ2) is 6.61. The first kappa shape index (κ1) is 17.9. The van der Waals surface area contributed by atoms with E-state index in [0.29, 0.717) is 21.5 Å². The second-order valence-electron chi connectivity index (χ2n) is 6.24. The number of hydrogen-bond acceptors (Lipinski definition) is 5. The molecule has 0 fully saturated rings. The van der Waals surface area contributed by atoms with Crippen molar-refractivity contribution in [3.8, 4) is 23.2 Å². The highest BCUT2D eigenvalue weighted by Crippen LogP contribution is 2.47. The van der Waals surface area contributed by atoms with Crippen LogP contribution in [0.1, 0.15) is 26.8 Å². The number of nitrogens with one attached hydrogen (secondary N) is 1. The molecule has 0 radical (unpaired) electrons. The van der Waals surface area contributed by atoms with Crippen molar-refractivity contribution in [1.82, 2.24) is 10.2 Å². The fourth-order valence-electron chi connectivity index (χ4n) is 3.35. The van der Waals surface area contributed by atoms with E-state index in [4.69, 9.17) is 33.7 Å². The Labute approximate surface area is 170 Å². The molecular weight excluding hydrogens is 403 g/mol. The second-order valence-corrected chi connectivity index (χ2v) is 8.52. The molecule has 4 rings (SSSR count). The third-order valence-corrected chi connectivity index (χ3v) is 6.23. The molecule has 0 aliphatic carbocycles. The summed E-state index contributed by atoms with van der Waals surface area (Å²) in [5.41, 5.74) is 9.71. The van der Waals surface area contributed by atoms with Gasteiger partial charge in [-0.2, -0.15) is 5.26 Å². The van der Waals surface area contributed by atoms with E-state index in [1.54, 1.807) is 23.5 Å². The average molecular weight is 417 g/mol. The Balaban J connectivity index is 1.98. The zero-order valence-corrected chi connectivity index (χ0v) is 16.8. The van der Waals surface area contributed by atoms with Gasteiger partial charge in [0.1, 0.15) is 11.6 Å². The maximum Gasteiger partial charge on any atom is 0.244 e. The van der Waals surface area contributed by atoms with Crippen molar-refractivity contribution in [1.29, 1.82) is 5.26 Å². The smallest absolute Gasteiger partial charge is 0.244 e. The van der Waals surface area contributed by atoms with E-state index >= 15 is 0 Å². The SMILES string of the molecule is Cc1cc(-c2[nH]nc3c2[C@@H](c2ccc(Cl)c(Cl)c2)C(C#N)=C(N)O3)c(C)s1. The van der Waals surface area contributed by atoms with E-state index in [9.17, 15) is 5.26 Å². The lowest BCUT2D eigenvalue weighted by Crippen LogP contribution is -2.21. The topological polar surface area (TPSA) is 87.7 Å². The zero-order valence-electron chi connectivity index (χ0n) is 14.4. The fourth-order valence-corrected chi connectivity index (χ4v) is 4.59. The number of aryl methyl sites for hydroxylation is 2. The standard InChI is InChI=1S/C19H14Cl2N4OS/c1-8-5-11(9(2)27-8)17-16-15(10-3-4-13(20)14(21)6-10)12(7-22)18(23)26-19(16)25-24-17/h3-6,15H,23H2,1-2H3,(H,24,25)/t15-/m0/s1. The van der Waals surface area contributed by atoms with Crippen molar-refractivity contribution in [2.75, 3.05) is 0 Å². The first-order valence-corrected chi connectivity index (χ1v) is 9.66. The Hall–Kier alpha value is -2.46.